The van der Waals surface area contributed by atoms with Gasteiger partial charge in [0.15, 0.2) is 0 Å². The molecular formula is C6H6INS. The smallest absolute Gasteiger partial charge is 0.0903 e. The second-order valence-electron chi connectivity index (χ2n) is 1.89. The van der Waals surface area contributed by atoms with Crippen LogP contribution in [0.25, 0.3) is 0 Å². The molecule has 1 unspecified atom stereocenters. The maximum atomic E-state index is 4.33. The molecule has 0 aliphatic carbocycles. The van der Waals surface area contributed by atoms with Crippen LogP contribution in [-0.2, 0) is 0 Å². The number of hydrogen-bond donors (Lipinski definition) is 0. The van der Waals surface area contributed by atoms with Crippen LogP contribution in [0.15, 0.2) is 16.0 Å². The summed E-state index contributed by atoms with van der Waals surface area (Å²) in [6.45, 7) is 0. The molecule has 2 heterocycles. The standard InChI is InChI=1S/C6H6INS/c1-2-7-3-5-6(1)9-4-8-5/h1-2,4-5H,3H2. The number of rotatable bonds is 0. The van der Waals surface area contributed by atoms with Crippen LogP contribution in [-0.4, -0.2) is 20.0 Å². The quantitative estimate of drug-likeness (QED) is 0.472. The van der Waals surface area contributed by atoms with E-state index >= 15 is 0 Å². The molecule has 9 heavy (non-hydrogen) atoms. The molecule has 0 saturated carbocycles. The fourth-order valence-electron chi connectivity index (χ4n) is 0.825. The van der Waals surface area contributed by atoms with E-state index in [0.29, 0.717) is 26.8 Å². The van der Waals surface area contributed by atoms with Crippen molar-refractivity contribution in [2.24, 2.45) is 4.99 Å². The summed E-state index contributed by atoms with van der Waals surface area (Å²) in [5, 5.41) is 0. The molecule has 1 nitrogen and oxygen atoms in total. The normalized spacial score (nSPS) is 31.1. The Balaban J connectivity index is 2.29. The fraction of sp³-hybridized carbons (Fsp3) is 0.333. The molecule has 0 aromatic rings. The van der Waals surface area contributed by atoms with Gasteiger partial charge >= 0.3 is 0 Å². The molecule has 0 aromatic heterocycles. The summed E-state index contributed by atoms with van der Waals surface area (Å²) in [7, 11) is 0. The number of aliphatic imine (C=N–C) groups is 1. The van der Waals surface area contributed by atoms with E-state index in [4.69, 9.17) is 0 Å². The topological polar surface area (TPSA) is 12.4 Å². The van der Waals surface area contributed by atoms with Gasteiger partial charge in [-0.15, -0.1) is 20.7 Å². The molecular weight excluding hydrogens is 245 g/mol. The van der Waals surface area contributed by atoms with E-state index in [9.17, 15) is 0 Å². The Morgan fingerprint density at radius 1 is 1.78 bits per heavy atom. The van der Waals surface area contributed by atoms with Crippen LogP contribution in [0.3, 0.4) is 0 Å². The van der Waals surface area contributed by atoms with E-state index in [1.807, 2.05) is 5.55 Å². The largest absolute Gasteiger partial charge is 0.277 e. The predicted octanol–water partition coefficient (Wildman–Crippen LogP) is 1.80. The van der Waals surface area contributed by atoms with Crippen molar-refractivity contribution in [1.82, 2.24) is 0 Å². The fourth-order valence-corrected chi connectivity index (χ4v) is 4.26. The first-order valence-electron chi connectivity index (χ1n) is 2.76. The number of thioether (sulfide) groups is 1. The van der Waals surface area contributed by atoms with E-state index in [-0.39, 0.29) is 0 Å². The second kappa shape index (κ2) is 2.54. The van der Waals surface area contributed by atoms with Crippen molar-refractivity contribution >= 4 is 42.1 Å². The van der Waals surface area contributed by atoms with Gasteiger partial charge in [-0.05, 0) is 10.1 Å². The lowest BCUT2D eigenvalue weighted by molar-refractivity contribution is 0.961. The van der Waals surface area contributed by atoms with E-state index in [1.54, 1.807) is 11.8 Å². The molecule has 0 bridgehead atoms. The van der Waals surface area contributed by atoms with Gasteiger partial charge in [-0.1, -0.05) is 11.8 Å². The van der Waals surface area contributed by atoms with Crippen molar-refractivity contribution in [3.63, 3.8) is 0 Å². The number of alkyl halides is 1. The molecule has 3 heteroatoms. The van der Waals surface area contributed by atoms with Crippen LogP contribution in [0.4, 0.5) is 0 Å². The minimum atomic E-state index is 0.352. The average molecular weight is 251 g/mol. The number of allylic oxidation sites excluding steroid dienone is 1. The molecule has 0 fully saturated rings. The van der Waals surface area contributed by atoms with Crippen molar-refractivity contribution in [3.05, 3.63) is 11.0 Å². The van der Waals surface area contributed by atoms with Gasteiger partial charge < -0.3 is 0 Å². The zero-order valence-corrected chi connectivity index (χ0v) is 7.72. The molecule has 48 valence electrons. The van der Waals surface area contributed by atoms with Crippen LogP contribution in [0.5, 0.6) is 0 Å². The van der Waals surface area contributed by atoms with Gasteiger partial charge in [-0.3, -0.25) is 4.99 Å². The van der Waals surface area contributed by atoms with Crippen molar-refractivity contribution < 1.29 is 0 Å². The van der Waals surface area contributed by atoms with Crippen LogP contribution < -0.4 is 0 Å². The summed E-state index contributed by atoms with van der Waals surface area (Å²) < 4.78 is 3.67. The summed E-state index contributed by atoms with van der Waals surface area (Å²) >= 11 is 2.13. The van der Waals surface area contributed by atoms with Gasteiger partial charge in [0, 0.05) is 9.33 Å². The van der Waals surface area contributed by atoms with E-state index in [0.717, 1.165) is 0 Å². The lowest BCUT2D eigenvalue weighted by Gasteiger charge is -2.07. The third-order valence-electron chi connectivity index (χ3n) is 1.31. The molecule has 2 aliphatic heterocycles. The maximum Gasteiger partial charge on any atom is 0.0903 e. The Labute approximate surface area is 68.4 Å². The summed E-state index contributed by atoms with van der Waals surface area (Å²) in [5.41, 5.74) is 1.97. The third-order valence-corrected chi connectivity index (χ3v) is 4.43. The molecule has 2 aliphatic rings. The first-order chi connectivity index (χ1) is 4.47. The van der Waals surface area contributed by atoms with Gasteiger partial charge in [0.2, 0.25) is 0 Å². The first kappa shape index (κ1) is 6.09. The highest BCUT2D eigenvalue weighted by Crippen LogP contribution is 2.30. The van der Waals surface area contributed by atoms with Crippen molar-refractivity contribution in [2.45, 2.75) is 6.04 Å². The highest BCUT2D eigenvalue weighted by Gasteiger charge is 2.17. The molecule has 0 amide bonds. The Bertz CT molecular complexity index is 207. The van der Waals surface area contributed by atoms with Crippen LogP contribution in [0, 0.1) is 0 Å². The Morgan fingerprint density at radius 2 is 2.78 bits per heavy atom. The summed E-state index contributed by atoms with van der Waals surface area (Å²) in [6, 6.07) is 0.577. The molecule has 0 aromatic carbocycles. The molecule has 0 saturated heterocycles. The Hall–Kier alpha value is 0.360. The average Bonchev–Trinajstić information content (AvgIpc) is 2.33. The van der Waals surface area contributed by atoms with Gasteiger partial charge in [-0.2, -0.15) is 0 Å². The summed E-state index contributed by atoms with van der Waals surface area (Å²) in [6.07, 6.45) is 2.25. The van der Waals surface area contributed by atoms with Gasteiger partial charge in [0.1, 0.15) is 0 Å². The molecule has 1 atom stereocenters. The Morgan fingerprint density at radius 3 is 3.67 bits per heavy atom. The number of nitrogens with zero attached hydrogens (tertiary/aromatic N) is 1. The van der Waals surface area contributed by atoms with Crippen LogP contribution in [0.1, 0.15) is 0 Å². The Kier molecular flexibility index (Phi) is 1.72. The van der Waals surface area contributed by atoms with E-state index < -0.39 is 0 Å². The molecule has 0 N–H and O–H groups in total. The summed E-state index contributed by atoms with van der Waals surface area (Å²) in [4.78, 5) is 5.79. The molecule has 0 spiro atoms. The van der Waals surface area contributed by atoms with Crippen molar-refractivity contribution in [2.75, 3.05) is 4.43 Å². The minimum Gasteiger partial charge on any atom is -0.277 e. The van der Waals surface area contributed by atoms with Gasteiger partial charge in [0.25, 0.3) is 0 Å². The highest BCUT2D eigenvalue weighted by molar-refractivity contribution is 14.2. The van der Waals surface area contributed by atoms with Gasteiger partial charge in [0.05, 0.1) is 11.6 Å². The highest BCUT2D eigenvalue weighted by atomic mass is 127. The summed E-state index contributed by atoms with van der Waals surface area (Å²) in [5.74, 6) is 0. The lowest BCUT2D eigenvalue weighted by Crippen LogP contribution is -2.05. The number of fused-ring (bicyclic) bond motifs is 1. The van der Waals surface area contributed by atoms with E-state index in [2.05, 4.69) is 15.1 Å². The number of hydrogen-bond acceptors (Lipinski definition) is 2. The van der Waals surface area contributed by atoms with Crippen molar-refractivity contribution in [3.8, 4) is 0 Å². The molecule has 2 rings (SSSR count). The minimum absolute atomic E-state index is 0.352. The molecule has 0 radical (unpaired) electrons. The van der Waals surface area contributed by atoms with Crippen LogP contribution >= 0.6 is 32.5 Å². The monoisotopic (exact) mass is 251 g/mol. The lowest BCUT2D eigenvalue weighted by atomic mass is 10.3. The van der Waals surface area contributed by atoms with Gasteiger partial charge in [-0.25, -0.2) is 0 Å². The van der Waals surface area contributed by atoms with E-state index in [1.165, 1.54) is 9.33 Å². The second-order valence-corrected chi connectivity index (χ2v) is 5.29. The SMILES string of the molecule is C1=NC2CI=CC=C2S1. The predicted molar refractivity (Wildman–Crippen MR) is 52.9 cm³/mol. The number of halogens is 1. The van der Waals surface area contributed by atoms with Crippen LogP contribution in [0.2, 0.25) is 0 Å². The first-order valence-corrected chi connectivity index (χ1v) is 6.41. The third kappa shape index (κ3) is 1.12. The zero-order valence-electron chi connectivity index (χ0n) is 4.75. The maximum absolute atomic E-state index is 4.33. The van der Waals surface area contributed by atoms with Crippen molar-refractivity contribution in [1.29, 1.82) is 0 Å². The zero-order chi connectivity index (χ0) is 6.10.